The van der Waals surface area contributed by atoms with Crippen molar-refractivity contribution in [2.24, 2.45) is 0 Å². The third-order valence-corrected chi connectivity index (χ3v) is 6.50. The lowest BCUT2D eigenvalue weighted by Gasteiger charge is -2.24. The molecule has 0 aliphatic rings. The highest BCUT2D eigenvalue weighted by atomic mass is 32.2. The molecule has 1 unspecified atom stereocenters. The largest absolute Gasteiger partial charge is 0.405 e. The highest BCUT2D eigenvalue weighted by Crippen LogP contribution is 2.20. The van der Waals surface area contributed by atoms with Gasteiger partial charge in [0, 0.05) is 18.7 Å². The van der Waals surface area contributed by atoms with Gasteiger partial charge in [0.2, 0.25) is 10.0 Å². The number of carbonyl (C=O) groups is 1. The van der Waals surface area contributed by atoms with Crippen molar-refractivity contribution in [1.29, 1.82) is 0 Å². The van der Waals surface area contributed by atoms with Crippen molar-refractivity contribution in [3.63, 3.8) is 0 Å². The standard InChI is InChI=1S/C20H23F3N2O3S/c1-14-4-6-16(7-5-14)12-15(2)25(3)29(27,28)18-10-8-17(9-11-18)19(26)24-13-20(21,22)23/h4-11,15H,12-13H2,1-3H3,(H,24,26). The summed E-state index contributed by atoms with van der Waals surface area (Å²) in [6.07, 6.45) is -4.00. The monoisotopic (exact) mass is 428 g/mol. The Hall–Kier alpha value is -2.39. The Labute approximate surface area is 168 Å². The smallest absolute Gasteiger partial charge is 0.343 e. The molecule has 0 heterocycles. The van der Waals surface area contributed by atoms with Crippen molar-refractivity contribution in [3.8, 4) is 0 Å². The zero-order valence-corrected chi connectivity index (χ0v) is 17.1. The maximum atomic E-state index is 12.8. The van der Waals surface area contributed by atoms with E-state index in [2.05, 4.69) is 0 Å². The third-order valence-electron chi connectivity index (χ3n) is 4.52. The number of nitrogens with zero attached hydrogens (tertiary/aromatic N) is 1. The number of rotatable bonds is 7. The molecular formula is C20H23F3N2O3S. The normalized spacial score (nSPS) is 13.3. The average molecular weight is 428 g/mol. The molecule has 0 spiro atoms. The quantitative estimate of drug-likeness (QED) is 0.734. The number of hydrogen-bond donors (Lipinski definition) is 1. The number of aryl methyl sites for hydroxylation is 1. The summed E-state index contributed by atoms with van der Waals surface area (Å²) in [5.41, 5.74) is 2.06. The molecule has 158 valence electrons. The van der Waals surface area contributed by atoms with E-state index < -0.39 is 28.7 Å². The van der Waals surface area contributed by atoms with Gasteiger partial charge in [-0.3, -0.25) is 4.79 Å². The van der Waals surface area contributed by atoms with Gasteiger partial charge in [-0.25, -0.2) is 8.42 Å². The first-order valence-corrected chi connectivity index (χ1v) is 10.3. The minimum Gasteiger partial charge on any atom is -0.343 e. The molecule has 29 heavy (non-hydrogen) atoms. The summed E-state index contributed by atoms with van der Waals surface area (Å²) in [5, 5.41) is 1.75. The summed E-state index contributed by atoms with van der Waals surface area (Å²) in [6, 6.07) is 12.3. The second kappa shape index (κ2) is 8.96. The highest BCUT2D eigenvalue weighted by Gasteiger charge is 2.28. The zero-order chi connectivity index (χ0) is 21.8. The van der Waals surface area contributed by atoms with Crippen LogP contribution in [0.25, 0.3) is 0 Å². The second-order valence-electron chi connectivity index (χ2n) is 6.88. The minimum atomic E-state index is -4.52. The number of sulfonamides is 1. The van der Waals surface area contributed by atoms with Gasteiger partial charge in [-0.05, 0) is 50.1 Å². The number of likely N-dealkylation sites (N-methyl/N-ethyl adjacent to an activating group) is 1. The van der Waals surface area contributed by atoms with Crippen LogP contribution < -0.4 is 5.32 Å². The van der Waals surface area contributed by atoms with Gasteiger partial charge >= 0.3 is 6.18 Å². The number of halogens is 3. The topological polar surface area (TPSA) is 66.5 Å². The fraction of sp³-hybridized carbons (Fsp3) is 0.350. The summed E-state index contributed by atoms with van der Waals surface area (Å²) in [4.78, 5) is 11.7. The third kappa shape index (κ3) is 6.30. The van der Waals surface area contributed by atoms with Crippen molar-refractivity contribution in [2.45, 2.75) is 37.4 Å². The van der Waals surface area contributed by atoms with E-state index >= 15 is 0 Å². The molecule has 2 rings (SSSR count). The molecule has 9 heteroatoms. The van der Waals surface area contributed by atoms with Crippen LogP contribution in [0, 0.1) is 6.92 Å². The molecule has 1 N–H and O–H groups in total. The predicted octanol–water partition coefficient (Wildman–Crippen LogP) is 3.54. The lowest BCUT2D eigenvalue weighted by molar-refractivity contribution is -0.123. The van der Waals surface area contributed by atoms with E-state index in [4.69, 9.17) is 0 Å². The van der Waals surface area contributed by atoms with Crippen LogP contribution in [0.5, 0.6) is 0 Å². The van der Waals surface area contributed by atoms with Gasteiger partial charge < -0.3 is 5.32 Å². The van der Waals surface area contributed by atoms with E-state index in [1.807, 2.05) is 31.2 Å². The molecule has 2 aromatic carbocycles. The summed E-state index contributed by atoms with van der Waals surface area (Å²) in [7, 11) is -2.35. The van der Waals surface area contributed by atoms with Crippen molar-refractivity contribution < 1.29 is 26.4 Å². The molecule has 0 aliphatic carbocycles. The van der Waals surface area contributed by atoms with Gasteiger partial charge in [-0.2, -0.15) is 17.5 Å². The Morgan fingerprint density at radius 1 is 1.07 bits per heavy atom. The number of alkyl halides is 3. The summed E-state index contributed by atoms with van der Waals surface area (Å²) >= 11 is 0. The van der Waals surface area contributed by atoms with Crippen LogP contribution in [0.2, 0.25) is 0 Å². The summed E-state index contributed by atoms with van der Waals surface area (Å²) in [6.45, 7) is 2.30. The predicted molar refractivity (Wildman–Crippen MR) is 104 cm³/mol. The Balaban J connectivity index is 2.09. The Morgan fingerprint density at radius 2 is 1.62 bits per heavy atom. The van der Waals surface area contributed by atoms with E-state index in [0.29, 0.717) is 6.42 Å². The lowest BCUT2D eigenvalue weighted by atomic mass is 10.1. The highest BCUT2D eigenvalue weighted by molar-refractivity contribution is 7.89. The van der Waals surface area contributed by atoms with E-state index in [0.717, 1.165) is 11.1 Å². The van der Waals surface area contributed by atoms with Crippen LogP contribution in [0.4, 0.5) is 13.2 Å². The molecule has 0 bridgehead atoms. The number of nitrogens with one attached hydrogen (secondary N) is 1. The number of benzene rings is 2. The van der Waals surface area contributed by atoms with Crippen molar-refractivity contribution in [1.82, 2.24) is 9.62 Å². The van der Waals surface area contributed by atoms with Gasteiger partial charge in [0.25, 0.3) is 5.91 Å². The zero-order valence-electron chi connectivity index (χ0n) is 16.3. The maximum Gasteiger partial charge on any atom is 0.405 e. The molecular weight excluding hydrogens is 405 g/mol. The first-order valence-electron chi connectivity index (χ1n) is 8.89. The molecule has 0 aromatic heterocycles. The van der Waals surface area contributed by atoms with Crippen LogP contribution >= 0.6 is 0 Å². The van der Waals surface area contributed by atoms with Gasteiger partial charge in [0.15, 0.2) is 0 Å². The second-order valence-corrected chi connectivity index (χ2v) is 8.88. The Bertz CT molecular complexity index is 940. The van der Waals surface area contributed by atoms with Gasteiger partial charge in [0.1, 0.15) is 6.54 Å². The SMILES string of the molecule is Cc1ccc(CC(C)N(C)S(=O)(=O)c2ccc(C(=O)NCC(F)(F)F)cc2)cc1. The molecule has 2 aromatic rings. The number of amides is 1. The van der Waals surface area contributed by atoms with E-state index in [9.17, 15) is 26.4 Å². The Kier molecular flexibility index (Phi) is 7.07. The van der Waals surface area contributed by atoms with E-state index in [1.54, 1.807) is 12.2 Å². The fourth-order valence-electron chi connectivity index (χ4n) is 2.66. The Morgan fingerprint density at radius 3 is 2.14 bits per heavy atom. The fourth-order valence-corrected chi connectivity index (χ4v) is 4.02. The maximum absolute atomic E-state index is 12.8. The van der Waals surface area contributed by atoms with Crippen LogP contribution in [0.3, 0.4) is 0 Å². The molecule has 0 saturated heterocycles. The molecule has 0 radical (unpaired) electrons. The van der Waals surface area contributed by atoms with E-state index in [-0.39, 0.29) is 16.5 Å². The summed E-state index contributed by atoms with van der Waals surface area (Å²) < 4.78 is 63.5. The van der Waals surface area contributed by atoms with Crippen LogP contribution in [0.1, 0.15) is 28.4 Å². The van der Waals surface area contributed by atoms with Gasteiger partial charge in [-0.15, -0.1) is 0 Å². The minimum absolute atomic E-state index is 0.0388. The van der Waals surface area contributed by atoms with Crippen molar-refractivity contribution in [3.05, 3.63) is 65.2 Å². The van der Waals surface area contributed by atoms with Gasteiger partial charge in [-0.1, -0.05) is 29.8 Å². The molecule has 0 saturated carbocycles. The molecule has 1 atom stereocenters. The first kappa shape index (κ1) is 22.9. The van der Waals surface area contributed by atoms with Crippen molar-refractivity contribution >= 4 is 15.9 Å². The van der Waals surface area contributed by atoms with Crippen LogP contribution in [-0.2, 0) is 16.4 Å². The number of hydrogen-bond acceptors (Lipinski definition) is 3. The first-order chi connectivity index (χ1) is 13.4. The molecule has 5 nitrogen and oxygen atoms in total. The van der Waals surface area contributed by atoms with Crippen LogP contribution in [0.15, 0.2) is 53.4 Å². The average Bonchev–Trinajstić information content (AvgIpc) is 2.66. The summed E-state index contributed by atoms with van der Waals surface area (Å²) in [5.74, 6) is -0.924. The molecule has 0 aliphatic heterocycles. The molecule has 0 fully saturated rings. The van der Waals surface area contributed by atoms with Crippen LogP contribution in [-0.4, -0.2) is 44.4 Å². The lowest BCUT2D eigenvalue weighted by Crippen LogP contribution is -2.36. The molecule has 1 amide bonds. The number of carbonyl (C=O) groups excluding carboxylic acids is 1. The van der Waals surface area contributed by atoms with Crippen molar-refractivity contribution in [2.75, 3.05) is 13.6 Å². The van der Waals surface area contributed by atoms with E-state index in [1.165, 1.54) is 35.6 Å². The van der Waals surface area contributed by atoms with Gasteiger partial charge in [0.05, 0.1) is 4.90 Å².